The monoisotopic (exact) mass is 648 g/mol. The second kappa shape index (κ2) is 17.6. The highest BCUT2D eigenvalue weighted by molar-refractivity contribution is 5.98. The number of imidazole rings is 1. The summed E-state index contributed by atoms with van der Waals surface area (Å²) in [6, 6.07) is 15.4. The van der Waals surface area contributed by atoms with Crippen LogP contribution >= 0.6 is 0 Å². The molecule has 4 N–H and O–H groups in total. The molecule has 3 aromatic rings. The van der Waals surface area contributed by atoms with Gasteiger partial charge < -0.3 is 35.3 Å². The van der Waals surface area contributed by atoms with E-state index in [9.17, 15) is 14.4 Å². The summed E-state index contributed by atoms with van der Waals surface area (Å²) in [4.78, 5) is 46.4. The first-order valence-corrected chi connectivity index (χ1v) is 16.1. The molecule has 1 aliphatic heterocycles. The average molecular weight is 649 g/mol. The van der Waals surface area contributed by atoms with Crippen LogP contribution < -0.4 is 21.1 Å². The first kappa shape index (κ1) is 37.2. The second-order valence-electron chi connectivity index (χ2n) is 12.6. The SMILES string of the molecule is C.CCCCOc1ccc(C(C(=O)N2CCC(C)CC2)n2cnc(NC(=O)[C@@H](COCc3ccccc3)NC(=O)C(C)(C)N)c2)cc1. The molecule has 1 aliphatic rings. The quantitative estimate of drug-likeness (QED) is 0.199. The summed E-state index contributed by atoms with van der Waals surface area (Å²) in [5, 5.41) is 5.48. The van der Waals surface area contributed by atoms with Crippen LogP contribution in [0.3, 0.4) is 0 Å². The molecule has 0 saturated carbocycles. The number of nitrogens with two attached hydrogens (primary N) is 1. The lowest BCUT2D eigenvalue weighted by molar-refractivity contribution is -0.135. The lowest BCUT2D eigenvalue weighted by atomic mass is 9.97. The molecule has 11 nitrogen and oxygen atoms in total. The summed E-state index contributed by atoms with van der Waals surface area (Å²) >= 11 is 0. The molecular formula is C36H52N6O5. The maximum absolute atomic E-state index is 14.0. The van der Waals surface area contributed by atoms with Gasteiger partial charge in [0.05, 0.1) is 31.7 Å². The number of likely N-dealkylation sites (tertiary alicyclic amines) is 1. The van der Waals surface area contributed by atoms with Gasteiger partial charge >= 0.3 is 0 Å². The summed E-state index contributed by atoms with van der Waals surface area (Å²) in [7, 11) is 0. The van der Waals surface area contributed by atoms with Gasteiger partial charge in [-0.1, -0.05) is 70.2 Å². The van der Waals surface area contributed by atoms with Crippen molar-refractivity contribution in [3.8, 4) is 5.75 Å². The molecule has 2 atom stereocenters. The number of aromatic nitrogens is 2. The lowest BCUT2D eigenvalue weighted by Gasteiger charge is -2.33. The van der Waals surface area contributed by atoms with E-state index in [1.807, 2.05) is 59.5 Å². The predicted molar refractivity (Wildman–Crippen MR) is 184 cm³/mol. The number of hydrogen-bond acceptors (Lipinski definition) is 7. The Morgan fingerprint density at radius 2 is 1.74 bits per heavy atom. The molecule has 0 spiro atoms. The van der Waals surface area contributed by atoms with Gasteiger partial charge in [0.25, 0.3) is 5.91 Å². The van der Waals surface area contributed by atoms with Crippen molar-refractivity contribution in [2.24, 2.45) is 11.7 Å². The number of amides is 3. The van der Waals surface area contributed by atoms with Gasteiger partial charge in [0.2, 0.25) is 11.8 Å². The van der Waals surface area contributed by atoms with Gasteiger partial charge in [0.15, 0.2) is 5.82 Å². The highest BCUT2D eigenvalue weighted by Crippen LogP contribution is 2.27. The smallest absolute Gasteiger partial charge is 0.250 e. The van der Waals surface area contributed by atoms with Crippen LogP contribution in [0, 0.1) is 5.92 Å². The summed E-state index contributed by atoms with van der Waals surface area (Å²) in [6.45, 7) is 9.65. The highest BCUT2D eigenvalue weighted by Gasteiger charge is 2.31. The standard InChI is InChI=1S/C35H48N6O5.CH4/c1-5-6-20-46-28-14-12-27(13-15-28)31(33(43)40-18-16-25(2)17-19-40)41-21-30(37-24-41)39-32(42)29(38-34(44)35(3,4)36)23-45-22-26-10-8-7-9-11-26;/h7-15,21,24-25,29,31H,5-6,16-20,22-23,36H2,1-4H3,(H,38,44)(H,39,42);1H4/t29-,31?;/m1./s1. The normalized spacial score (nSPS) is 14.9. The molecule has 4 rings (SSSR count). The number of piperidine rings is 1. The number of nitrogens with one attached hydrogen (secondary N) is 2. The van der Waals surface area contributed by atoms with E-state index in [2.05, 4.69) is 29.5 Å². The number of ether oxygens (including phenoxy) is 2. The number of carbonyl (C=O) groups excluding carboxylic acids is 3. The largest absolute Gasteiger partial charge is 0.494 e. The van der Waals surface area contributed by atoms with Crippen LogP contribution in [0.15, 0.2) is 67.1 Å². The topological polar surface area (TPSA) is 141 Å². The van der Waals surface area contributed by atoms with E-state index >= 15 is 0 Å². The molecule has 2 aromatic carbocycles. The van der Waals surface area contributed by atoms with Crippen LogP contribution in [-0.4, -0.2) is 70.1 Å². The maximum Gasteiger partial charge on any atom is 0.250 e. The first-order chi connectivity index (χ1) is 22.0. The van der Waals surface area contributed by atoms with Crippen molar-refractivity contribution in [2.75, 3.05) is 31.6 Å². The zero-order valence-corrected chi connectivity index (χ0v) is 27.4. The third kappa shape index (κ3) is 10.9. The zero-order valence-electron chi connectivity index (χ0n) is 27.4. The Hall–Kier alpha value is -4.22. The van der Waals surface area contributed by atoms with Gasteiger partial charge in [-0.3, -0.25) is 14.4 Å². The lowest BCUT2D eigenvalue weighted by Crippen LogP contribution is -2.56. The number of unbranched alkanes of at least 4 members (excludes halogenated alkanes) is 1. The summed E-state index contributed by atoms with van der Waals surface area (Å²) in [5.74, 6) is 0.516. The van der Waals surface area contributed by atoms with Crippen molar-refractivity contribution in [2.45, 2.75) is 85.0 Å². The van der Waals surface area contributed by atoms with E-state index in [1.165, 1.54) is 0 Å². The minimum absolute atomic E-state index is 0. The molecule has 1 unspecified atom stereocenters. The molecule has 1 aromatic heterocycles. The summed E-state index contributed by atoms with van der Waals surface area (Å²) in [5.41, 5.74) is 6.51. The Balaban J connectivity index is 0.00000600. The van der Waals surface area contributed by atoms with Crippen LogP contribution in [-0.2, 0) is 25.7 Å². The summed E-state index contributed by atoms with van der Waals surface area (Å²) in [6.07, 6.45) is 7.09. The van der Waals surface area contributed by atoms with E-state index in [0.717, 1.165) is 42.6 Å². The van der Waals surface area contributed by atoms with Crippen LogP contribution in [0.1, 0.15) is 78.0 Å². The van der Waals surface area contributed by atoms with Gasteiger partial charge in [0.1, 0.15) is 17.8 Å². The van der Waals surface area contributed by atoms with Gasteiger partial charge in [-0.05, 0) is 62.3 Å². The van der Waals surface area contributed by atoms with Crippen molar-refractivity contribution in [3.05, 3.63) is 78.2 Å². The van der Waals surface area contributed by atoms with E-state index < -0.39 is 29.4 Å². The number of anilines is 1. The molecular weight excluding hydrogens is 596 g/mol. The number of benzene rings is 2. The van der Waals surface area contributed by atoms with Crippen molar-refractivity contribution in [3.63, 3.8) is 0 Å². The molecule has 0 aliphatic carbocycles. The molecule has 0 radical (unpaired) electrons. The molecule has 3 amide bonds. The molecule has 0 bridgehead atoms. The Kier molecular flexibility index (Phi) is 14.0. The molecule has 256 valence electrons. The van der Waals surface area contributed by atoms with Crippen LogP contribution in [0.4, 0.5) is 5.82 Å². The van der Waals surface area contributed by atoms with Crippen molar-refractivity contribution >= 4 is 23.5 Å². The van der Waals surface area contributed by atoms with E-state index in [1.54, 1.807) is 30.9 Å². The Labute approximate surface area is 279 Å². The number of carbonyl (C=O) groups is 3. The minimum atomic E-state index is -1.20. The third-order valence-corrected chi connectivity index (χ3v) is 8.05. The number of rotatable bonds is 15. The van der Waals surface area contributed by atoms with Crippen molar-refractivity contribution in [1.82, 2.24) is 19.8 Å². The molecule has 11 heteroatoms. The van der Waals surface area contributed by atoms with Crippen LogP contribution in [0.2, 0.25) is 0 Å². The Morgan fingerprint density at radius 1 is 1.06 bits per heavy atom. The predicted octanol–water partition coefficient (Wildman–Crippen LogP) is 4.92. The maximum atomic E-state index is 14.0. The molecule has 1 fully saturated rings. The van der Waals surface area contributed by atoms with Gasteiger partial charge in [-0.2, -0.15) is 0 Å². The summed E-state index contributed by atoms with van der Waals surface area (Å²) < 4.78 is 13.4. The minimum Gasteiger partial charge on any atom is -0.494 e. The molecule has 47 heavy (non-hydrogen) atoms. The van der Waals surface area contributed by atoms with Crippen LogP contribution in [0.25, 0.3) is 0 Å². The van der Waals surface area contributed by atoms with Gasteiger partial charge in [-0.15, -0.1) is 0 Å². The van der Waals surface area contributed by atoms with E-state index in [0.29, 0.717) is 25.6 Å². The average Bonchev–Trinajstić information content (AvgIpc) is 3.49. The Bertz CT molecular complexity index is 1410. The molecule has 1 saturated heterocycles. The van der Waals surface area contributed by atoms with E-state index in [-0.39, 0.29) is 32.4 Å². The Morgan fingerprint density at radius 3 is 2.38 bits per heavy atom. The van der Waals surface area contributed by atoms with Crippen molar-refractivity contribution in [1.29, 1.82) is 0 Å². The van der Waals surface area contributed by atoms with E-state index in [4.69, 9.17) is 15.2 Å². The second-order valence-corrected chi connectivity index (χ2v) is 12.6. The molecule has 2 heterocycles. The van der Waals surface area contributed by atoms with Crippen LogP contribution in [0.5, 0.6) is 5.75 Å². The zero-order chi connectivity index (χ0) is 33.1. The number of nitrogens with zero attached hydrogens (tertiary/aromatic N) is 3. The first-order valence-electron chi connectivity index (χ1n) is 16.1. The van der Waals surface area contributed by atoms with Gasteiger partial charge in [-0.25, -0.2) is 4.98 Å². The third-order valence-electron chi connectivity index (χ3n) is 8.05. The van der Waals surface area contributed by atoms with Crippen molar-refractivity contribution < 1.29 is 23.9 Å². The fourth-order valence-corrected chi connectivity index (χ4v) is 5.08. The fraction of sp³-hybridized carbons (Fsp3) is 0.500. The highest BCUT2D eigenvalue weighted by atomic mass is 16.5. The van der Waals surface area contributed by atoms with Gasteiger partial charge in [0, 0.05) is 19.3 Å². The number of hydrogen-bond donors (Lipinski definition) is 3. The fourth-order valence-electron chi connectivity index (χ4n) is 5.08.